The second-order valence-corrected chi connectivity index (χ2v) is 9.25. The van der Waals surface area contributed by atoms with Crippen LogP contribution in [-0.4, -0.2) is 60.0 Å². The molecule has 3 heterocycles. The number of methoxy groups -OCH3 is 1. The number of hydrogen-bond donors (Lipinski definition) is 0. The van der Waals surface area contributed by atoms with Crippen LogP contribution in [0.4, 0.5) is 4.39 Å². The van der Waals surface area contributed by atoms with Gasteiger partial charge in [-0.1, -0.05) is 12.8 Å². The summed E-state index contributed by atoms with van der Waals surface area (Å²) < 4.78 is 19.1. The molecule has 0 radical (unpaired) electrons. The van der Waals surface area contributed by atoms with E-state index in [1.807, 2.05) is 11.8 Å². The summed E-state index contributed by atoms with van der Waals surface area (Å²) in [7, 11) is 1.55. The van der Waals surface area contributed by atoms with E-state index >= 15 is 0 Å². The Morgan fingerprint density at radius 1 is 1.13 bits per heavy atom. The number of hydrogen-bond acceptors (Lipinski definition) is 5. The Balaban J connectivity index is 1.45. The summed E-state index contributed by atoms with van der Waals surface area (Å²) in [4.78, 5) is 23.0. The number of nitrogens with zero attached hydrogens (tertiary/aromatic N) is 3. The van der Waals surface area contributed by atoms with E-state index < -0.39 is 0 Å². The minimum absolute atomic E-state index is 0.0425. The third kappa shape index (κ3) is 4.52. The van der Waals surface area contributed by atoms with Crippen molar-refractivity contribution in [1.29, 1.82) is 0 Å². The molecule has 2 aromatic rings. The van der Waals surface area contributed by atoms with Crippen LogP contribution in [0.2, 0.25) is 0 Å². The Kier molecular flexibility index (Phi) is 6.68. The lowest BCUT2D eigenvalue weighted by Gasteiger charge is -2.38. The molecule has 0 spiro atoms. The van der Waals surface area contributed by atoms with Crippen LogP contribution in [0.3, 0.4) is 0 Å². The summed E-state index contributed by atoms with van der Waals surface area (Å²) in [6.45, 7) is 5.83. The summed E-state index contributed by atoms with van der Waals surface area (Å²) in [5.74, 6) is 0.255. The maximum absolute atomic E-state index is 13.8. The first-order valence-corrected chi connectivity index (χ1v) is 11.7. The van der Waals surface area contributed by atoms with Crippen LogP contribution in [0, 0.1) is 12.7 Å². The monoisotopic (exact) mass is 431 g/mol. The van der Waals surface area contributed by atoms with Gasteiger partial charge in [-0.05, 0) is 63.9 Å². The molecule has 1 aromatic carbocycles. The van der Waals surface area contributed by atoms with Gasteiger partial charge in [0.25, 0.3) is 5.91 Å². The number of carbonyl (C=O) groups excluding carboxylic acids is 1. The predicted octanol–water partition coefficient (Wildman–Crippen LogP) is 4.75. The van der Waals surface area contributed by atoms with E-state index in [0.717, 1.165) is 25.9 Å². The summed E-state index contributed by atoms with van der Waals surface area (Å²) in [6, 6.07) is 4.97. The van der Waals surface area contributed by atoms with Gasteiger partial charge >= 0.3 is 0 Å². The average molecular weight is 432 g/mol. The Labute approximate surface area is 181 Å². The van der Waals surface area contributed by atoms with Gasteiger partial charge in [0, 0.05) is 19.1 Å². The van der Waals surface area contributed by atoms with Crippen molar-refractivity contribution in [2.45, 2.75) is 51.5 Å². The zero-order valence-electron chi connectivity index (χ0n) is 17.8. The number of carbonyl (C=O) groups is 1. The Bertz CT molecular complexity index is 885. The van der Waals surface area contributed by atoms with Crippen LogP contribution in [0.1, 0.15) is 53.9 Å². The highest BCUT2D eigenvalue weighted by Gasteiger charge is 2.29. The van der Waals surface area contributed by atoms with Gasteiger partial charge in [0.1, 0.15) is 21.5 Å². The minimum Gasteiger partial charge on any atom is -0.496 e. The molecule has 162 valence electrons. The van der Waals surface area contributed by atoms with Crippen molar-refractivity contribution < 1.29 is 13.9 Å². The number of thiazole rings is 1. The maximum atomic E-state index is 13.8. The molecule has 0 saturated carbocycles. The normalized spacial score (nSPS) is 19.0. The SMILES string of the molecule is COc1ccc(F)cc1-c1nc(C)c(C(=O)N2CCC(N3CCCCCC3)CC2)s1. The molecule has 7 heteroatoms. The molecule has 4 rings (SSSR count). The predicted molar refractivity (Wildman–Crippen MR) is 118 cm³/mol. The third-order valence-corrected chi connectivity index (χ3v) is 7.47. The molecule has 0 N–H and O–H groups in total. The topological polar surface area (TPSA) is 45.7 Å². The van der Waals surface area contributed by atoms with E-state index in [9.17, 15) is 9.18 Å². The number of aryl methyl sites for hydroxylation is 1. The van der Waals surface area contributed by atoms with E-state index in [0.29, 0.717) is 32.9 Å². The molecule has 1 aromatic heterocycles. The second kappa shape index (κ2) is 9.43. The summed E-state index contributed by atoms with van der Waals surface area (Å²) in [6.07, 6.45) is 7.35. The summed E-state index contributed by atoms with van der Waals surface area (Å²) in [5, 5.41) is 0.617. The van der Waals surface area contributed by atoms with Crippen LogP contribution < -0.4 is 4.74 Å². The number of likely N-dealkylation sites (tertiary alicyclic amines) is 2. The maximum Gasteiger partial charge on any atom is 0.265 e. The molecule has 2 saturated heterocycles. The first-order chi connectivity index (χ1) is 14.6. The molecule has 0 bridgehead atoms. The van der Waals surface area contributed by atoms with Crippen LogP contribution in [-0.2, 0) is 0 Å². The first-order valence-electron chi connectivity index (χ1n) is 10.9. The van der Waals surface area contributed by atoms with Crippen LogP contribution in [0.15, 0.2) is 18.2 Å². The second-order valence-electron chi connectivity index (χ2n) is 8.25. The molecule has 0 unspecified atom stereocenters. The van der Waals surface area contributed by atoms with Gasteiger partial charge in [-0.15, -0.1) is 11.3 Å². The lowest BCUT2D eigenvalue weighted by atomic mass is 10.0. The van der Waals surface area contributed by atoms with Gasteiger partial charge in [-0.3, -0.25) is 4.79 Å². The highest BCUT2D eigenvalue weighted by molar-refractivity contribution is 7.17. The van der Waals surface area contributed by atoms with Gasteiger partial charge in [0.2, 0.25) is 0 Å². The smallest absolute Gasteiger partial charge is 0.265 e. The van der Waals surface area contributed by atoms with Crippen molar-refractivity contribution in [2.24, 2.45) is 0 Å². The molecule has 0 aliphatic carbocycles. The molecule has 1 amide bonds. The van der Waals surface area contributed by atoms with Crippen molar-refractivity contribution >= 4 is 17.2 Å². The Hall–Kier alpha value is -1.99. The highest BCUT2D eigenvalue weighted by Crippen LogP contribution is 2.35. The number of benzene rings is 1. The van der Waals surface area contributed by atoms with Crippen molar-refractivity contribution in [3.63, 3.8) is 0 Å². The third-order valence-electron chi connectivity index (χ3n) is 6.29. The van der Waals surface area contributed by atoms with E-state index in [4.69, 9.17) is 4.74 Å². The van der Waals surface area contributed by atoms with Gasteiger partial charge in [0.15, 0.2) is 0 Å². The number of halogens is 1. The van der Waals surface area contributed by atoms with Gasteiger partial charge in [-0.2, -0.15) is 0 Å². The van der Waals surface area contributed by atoms with E-state index in [1.165, 1.54) is 62.2 Å². The van der Waals surface area contributed by atoms with E-state index in [1.54, 1.807) is 13.2 Å². The number of piperidine rings is 1. The van der Waals surface area contributed by atoms with E-state index in [-0.39, 0.29) is 11.7 Å². The van der Waals surface area contributed by atoms with Gasteiger partial charge in [-0.25, -0.2) is 9.37 Å². The lowest BCUT2D eigenvalue weighted by Crippen LogP contribution is -2.47. The molecular formula is C23H30FN3O2S. The summed E-state index contributed by atoms with van der Waals surface area (Å²) >= 11 is 1.32. The zero-order valence-corrected chi connectivity index (χ0v) is 18.6. The number of rotatable bonds is 4. The fourth-order valence-corrected chi connectivity index (χ4v) is 5.65. The van der Waals surface area contributed by atoms with Gasteiger partial charge in [0.05, 0.1) is 18.4 Å². The molecule has 5 nitrogen and oxygen atoms in total. The minimum atomic E-state index is -0.345. The van der Waals surface area contributed by atoms with Crippen molar-refractivity contribution in [3.8, 4) is 16.3 Å². The van der Waals surface area contributed by atoms with Crippen molar-refractivity contribution in [1.82, 2.24) is 14.8 Å². The Morgan fingerprint density at radius 2 is 1.83 bits per heavy atom. The number of amides is 1. The van der Waals surface area contributed by atoms with Crippen molar-refractivity contribution in [2.75, 3.05) is 33.3 Å². The molecule has 2 fully saturated rings. The quantitative estimate of drug-likeness (QED) is 0.701. The van der Waals surface area contributed by atoms with Crippen LogP contribution in [0.25, 0.3) is 10.6 Å². The average Bonchev–Trinajstić information content (AvgIpc) is 2.97. The molecule has 30 heavy (non-hydrogen) atoms. The molecule has 0 atom stereocenters. The van der Waals surface area contributed by atoms with Crippen molar-refractivity contribution in [3.05, 3.63) is 34.6 Å². The molecule has 2 aliphatic rings. The number of aromatic nitrogens is 1. The van der Waals surface area contributed by atoms with Gasteiger partial charge < -0.3 is 14.5 Å². The van der Waals surface area contributed by atoms with Crippen LogP contribution >= 0.6 is 11.3 Å². The first kappa shape index (κ1) is 21.2. The molecular weight excluding hydrogens is 401 g/mol. The Morgan fingerprint density at radius 3 is 2.50 bits per heavy atom. The highest BCUT2D eigenvalue weighted by atomic mass is 32.1. The summed E-state index contributed by atoms with van der Waals surface area (Å²) in [5.41, 5.74) is 1.28. The largest absolute Gasteiger partial charge is 0.496 e. The zero-order chi connectivity index (χ0) is 21.1. The molecule has 2 aliphatic heterocycles. The number of ether oxygens (including phenoxy) is 1. The fourth-order valence-electron chi connectivity index (χ4n) is 4.60. The fraction of sp³-hybridized carbons (Fsp3) is 0.565. The van der Waals surface area contributed by atoms with E-state index in [2.05, 4.69) is 9.88 Å². The van der Waals surface area contributed by atoms with Crippen LogP contribution in [0.5, 0.6) is 5.75 Å². The lowest BCUT2D eigenvalue weighted by molar-refractivity contribution is 0.0626. The standard InChI is InChI=1S/C23H30FN3O2S/c1-16-21(30-22(25-16)19-15-17(24)7-8-20(19)29-2)23(28)27-13-9-18(10-14-27)26-11-5-3-4-6-12-26/h7-8,15,18H,3-6,9-14H2,1-2H3.